The number of hydrogen-bond acceptors (Lipinski definition) is 10. The standard InChI is InChI=1S/C23H31N5O2.C23H32N4O/c1-8-17(9-2)28-21-18(19(26-30)22(28)29)16(7)24-23(25-21)27(10-3)20-14(5)11-13(4)12-15(20)6;1-8-18(9-2)27-20(28)13-19-17(7)24-23(25-22(19)27)26(10-3)21-15(5)11-14(4)12-16(21)6/h11-12,17,29H,8-10H2,1-7H3;11-12,18H,8-10,13H2,1-7H3. The Morgan fingerprint density at radius 2 is 1.12 bits per heavy atom. The summed E-state index contributed by atoms with van der Waals surface area (Å²) in [6.45, 7) is 30.5. The van der Waals surface area contributed by atoms with Gasteiger partial charge in [-0.3, -0.25) is 14.3 Å². The molecule has 12 nitrogen and oxygen atoms in total. The molecule has 0 radical (unpaired) electrons. The molecule has 0 aliphatic carbocycles. The van der Waals surface area contributed by atoms with Gasteiger partial charge in [-0.2, -0.15) is 9.97 Å². The second-order valence-electron chi connectivity index (χ2n) is 15.7. The summed E-state index contributed by atoms with van der Waals surface area (Å²) in [5, 5.41) is 14.4. The fraction of sp³-hybridized carbons (Fsp3) is 0.500. The summed E-state index contributed by atoms with van der Waals surface area (Å²) in [6, 6.07) is 8.92. The van der Waals surface area contributed by atoms with Crippen molar-refractivity contribution in [2.45, 2.75) is 141 Å². The normalized spacial score (nSPS) is 12.4. The van der Waals surface area contributed by atoms with Gasteiger partial charge in [0.15, 0.2) is 11.3 Å². The van der Waals surface area contributed by atoms with Gasteiger partial charge in [-0.15, -0.1) is 4.91 Å². The van der Waals surface area contributed by atoms with Crippen molar-refractivity contribution in [2.75, 3.05) is 27.8 Å². The lowest BCUT2D eigenvalue weighted by Crippen LogP contribution is -2.37. The Morgan fingerprint density at radius 1 is 0.672 bits per heavy atom. The van der Waals surface area contributed by atoms with E-state index in [-0.39, 0.29) is 29.6 Å². The number of carbonyl (C=O) groups is 1. The number of aryl methyl sites for hydroxylation is 8. The van der Waals surface area contributed by atoms with Crippen LogP contribution in [-0.2, 0) is 11.2 Å². The fourth-order valence-corrected chi connectivity index (χ4v) is 9.00. The number of nitroso groups, excluding NO2 is 1. The van der Waals surface area contributed by atoms with Crippen LogP contribution in [0.4, 0.5) is 34.8 Å². The smallest absolute Gasteiger partial charge is 0.233 e. The monoisotopic (exact) mass is 790 g/mol. The second kappa shape index (κ2) is 18.0. The number of aromatic nitrogens is 5. The third-order valence-electron chi connectivity index (χ3n) is 11.6. The van der Waals surface area contributed by atoms with Crippen molar-refractivity contribution in [3.05, 3.63) is 79.5 Å². The molecule has 6 rings (SSSR count). The lowest BCUT2D eigenvalue weighted by atomic mass is 10.0. The summed E-state index contributed by atoms with van der Waals surface area (Å²) in [7, 11) is 0. The number of nitrogens with zero attached hydrogens (tertiary/aromatic N) is 9. The van der Waals surface area contributed by atoms with Gasteiger partial charge >= 0.3 is 0 Å². The van der Waals surface area contributed by atoms with E-state index in [2.05, 4.69) is 122 Å². The summed E-state index contributed by atoms with van der Waals surface area (Å²) in [5.74, 6) is 2.05. The Labute approximate surface area is 344 Å². The maximum absolute atomic E-state index is 12.8. The number of hydrogen-bond donors (Lipinski definition) is 1. The first-order valence-electron chi connectivity index (χ1n) is 21.0. The number of anilines is 5. The highest BCUT2D eigenvalue weighted by molar-refractivity contribution is 6.01. The number of aromatic hydroxyl groups is 1. The van der Waals surface area contributed by atoms with Gasteiger partial charge in [-0.05, 0) is 122 Å². The Balaban J connectivity index is 0.000000221. The average molecular weight is 790 g/mol. The second-order valence-corrected chi connectivity index (χ2v) is 15.7. The fourth-order valence-electron chi connectivity index (χ4n) is 9.00. The molecular formula is C46H63N9O3. The topological polar surface area (TPSA) is 133 Å². The van der Waals surface area contributed by atoms with E-state index in [1.165, 1.54) is 22.3 Å². The van der Waals surface area contributed by atoms with E-state index in [9.17, 15) is 14.8 Å². The van der Waals surface area contributed by atoms with Gasteiger partial charge in [0.05, 0.1) is 17.5 Å². The molecule has 1 aliphatic rings. The molecular weight excluding hydrogens is 727 g/mol. The van der Waals surface area contributed by atoms with E-state index in [1.54, 1.807) is 4.57 Å². The Kier molecular flexibility index (Phi) is 13.6. The van der Waals surface area contributed by atoms with E-state index >= 15 is 0 Å². The predicted octanol–water partition coefficient (Wildman–Crippen LogP) is 11.2. The van der Waals surface area contributed by atoms with E-state index in [1.807, 2.05) is 18.7 Å². The number of carbonyl (C=O) groups excluding carboxylic acids is 1. The predicted molar refractivity (Wildman–Crippen MR) is 238 cm³/mol. The van der Waals surface area contributed by atoms with Crippen molar-refractivity contribution >= 4 is 51.7 Å². The van der Waals surface area contributed by atoms with Gasteiger partial charge < -0.3 is 14.9 Å². The summed E-state index contributed by atoms with van der Waals surface area (Å²) < 4.78 is 1.74. The van der Waals surface area contributed by atoms with Crippen LogP contribution in [0.2, 0.25) is 0 Å². The van der Waals surface area contributed by atoms with Gasteiger partial charge in [0.25, 0.3) is 0 Å². The average Bonchev–Trinajstić information content (AvgIpc) is 3.65. The van der Waals surface area contributed by atoms with Crippen molar-refractivity contribution in [1.82, 2.24) is 24.5 Å². The lowest BCUT2D eigenvalue weighted by Gasteiger charge is -2.29. The van der Waals surface area contributed by atoms with Gasteiger partial charge in [0.1, 0.15) is 5.82 Å². The van der Waals surface area contributed by atoms with Crippen molar-refractivity contribution in [1.29, 1.82) is 0 Å². The number of rotatable bonds is 13. The molecule has 0 spiro atoms. The van der Waals surface area contributed by atoms with Crippen LogP contribution < -0.4 is 14.7 Å². The third-order valence-corrected chi connectivity index (χ3v) is 11.6. The van der Waals surface area contributed by atoms with Crippen molar-refractivity contribution in [3.63, 3.8) is 0 Å². The van der Waals surface area contributed by atoms with E-state index in [4.69, 9.17) is 19.9 Å². The minimum absolute atomic E-state index is 0.0167. The molecule has 2 aromatic carbocycles. The van der Waals surface area contributed by atoms with Gasteiger partial charge in [0, 0.05) is 47.8 Å². The molecule has 1 amide bonds. The molecule has 0 saturated heterocycles. The molecule has 3 aromatic heterocycles. The van der Waals surface area contributed by atoms with Crippen molar-refractivity contribution in [2.24, 2.45) is 5.18 Å². The zero-order valence-electron chi connectivity index (χ0n) is 37.2. The van der Waals surface area contributed by atoms with Gasteiger partial charge in [-0.25, -0.2) is 9.97 Å². The molecule has 0 unspecified atom stereocenters. The molecule has 12 heteroatoms. The highest BCUT2D eigenvalue weighted by Gasteiger charge is 2.36. The van der Waals surface area contributed by atoms with Gasteiger partial charge in [-0.1, -0.05) is 63.1 Å². The molecule has 0 fully saturated rings. The van der Waals surface area contributed by atoms with E-state index < -0.39 is 0 Å². The number of benzene rings is 2. The number of amides is 1. The molecule has 4 heterocycles. The molecule has 58 heavy (non-hydrogen) atoms. The van der Waals surface area contributed by atoms with Crippen LogP contribution in [0.5, 0.6) is 5.88 Å². The summed E-state index contributed by atoms with van der Waals surface area (Å²) in [6.07, 6.45) is 3.87. The minimum Gasteiger partial charge on any atom is -0.493 e. The van der Waals surface area contributed by atoms with Crippen LogP contribution in [0, 0.1) is 60.3 Å². The van der Waals surface area contributed by atoms with Crippen LogP contribution in [0.15, 0.2) is 29.4 Å². The first-order chi connectivity index (χ1) is 27.6. The largest absolute Gasteiger partial charge is 0.493 e. The van der Waals surface area contributed by atoms with Crippen LogP contribution in [0.1, 0.15) is 124 Å². The van der Waals surface area contributed by atoms with Gasteiger partial charge in [0.2, 0.25) is 23.7 Å². The zero-order chi connectivity index (χ0) is 42.7. The SMILES string of the molecule is CCC(CC)N1C(=O)Cc2c(C)nc(N(CC)c3c(C)cc(C)cc3C)nc21.CCC(CC)n1c(O)c(N=O)c2c(C)nc(N(CC)c3c(C)cc(C)cc3C)nc21. The molecule has 310 valence electrons. The molecule has 0 atom stereocenters. The van der Waals surface area contributed by atoms with Crippen LogP contribution >= 0.6 is 0 Å². The van der Waals surface area contributed by atoms with E-state index in [0.29, 0.717) is 41.6 Å². The first kappa shape index (κ1) is 43.7. The highest BCUT2D eigenvalue weighted by atomic mass is 16.3. The molecule has 0 bridgehead atoms. The number of fused-ring (bicyclic) bond motifs is 2. The van der Waals surface area contributed by atoms with Crippen LogP contribution in [-0.4, -0.2) is 54.6 Å². The maximum atomic E-state index is 12.8. The van der Waals surface area contributed by atoms with Crippen molar-refractivity contribution < 1.29 is 9.90 Å². The molecule has 1 aliphatic heterocycles. The first-order valence-corrected chi connectivity index (χ1v) is 21.0. The quantitative estimate of drug-likeness (QED) is 0.116. The third kappa shape index (κ3) is 8.02. The Morgan fingerprint density at radius 3 is 1.55 bits per heavy atom. The Hall–Kier alpha value is -5.39. The molecule has 5 aromatic rings. The summed E-state index contributed by atoms with van der Waals surface area (Å²) in [4.78, 5) is 49.8. The molecule has 1 N–H and O–H groups in total. The zero-order valence-corrected chi connectivity index (χ0v) is 37.2. The van der Waals surface area contributed by atoms with Crippen molar-refractivity contribution in [3.8, 4) is 5.88 Å². The summed E-state index contributed by atoms with van der Waals surface area (Å²) in [5.41, 5.74) is 12.5. The highest BCUT2D eigenvalue weighted by Crippen LogP contribution is 2.44. The molecule has 0 saturated carbocycles. The van der Waals surface area contributed by atoms with E-state index in [0.717, 1.165) is 71.8 Å². The summed E-state index contributed by atoms with van der Waals surface area (Å²) >= 11 is 0. The Bertz CT molecular complexity index is 2280. The maximum Gasteiger partial charge on any atom is 0.233 e. The van der Waals surface area contributed by atoms with Crippen LogP contribution in [0.3, 0.4) is 0 Å². The minimum atomic E-state index is -0.131. The lowest BCUT2D eigenvalue weighted by molar-refractivity contribution is -0.117. The van der Waals surface area contributed by atoms with Crippen LogP contribution in [0.25, 0.3) is 11.0 Å².